The minimum absolute atomic E-state index is 0.00277. The van der Waals surface area contributed by atoms with Crippen LogP contribution in [0.15, 0.2) is 18.2 Å². The van der Waals surface area contributed by atoms with Crippen LogP contribution in [-0.2, 0) is 0 Å². The minimum Gasteiger partial charge on any atom is -0.406 e. The quantitative estimate of drug-likeness (QED) is 0.794. The number of nitrogens with zero attached hydrogens (tertiary/aromatic N) is 1. The van der Waals surface area contributed by atoms with Crippen molar-refractivity contribution in [3.8, 4) is 5.75 Å². The van der Waals surface area contributed by atoms with Crippen LogP contribution >= 0.6 is 0 Å². The first-order chi connectivity index (χ1) is 9.35. The van der Waals surface area contributed by atoms with Gasteiger partial charge in [0.25, 0.3) is 0 Å². The topological polar surface area (TPSA) is 29.5 Å². The monoisotopic (exact) mass is 285 g/mol. The van der Waals surface area contributed by atoms with Crippen LogP contribution in [0.2, 0.25) is 0 Å². The molecule has 3 rings (SSSR count). The molecule has 0 aromatic heterocycles. The summed E-state index contributed by atoms with van der Waals surface area (Å²) in [4.78, 5) is 14.3. The number of Topliss-reactive ketones (excluding diaryl/α,β-unsaturated/α-hetero) is 1. The molecule has 0 radical (unpaired) electrons. The van der Waals surface area contributed by atoms with Gasteiger partial charge in [-0.1, -0.05) is 0 Å². The summed E-state index contributed by atoms with van der Waals surface area (Å²) in [7, 11) is 1.91. The van der Waals surface area contributed by atoms with Gasteiger partial charge < -0.3 is 4.74 Å². The van der Waals surface area contributed by atoms with Crippen LogP contribution in [0.4, 0.5) is 13.2 Å². The normalized spacial score (nSPS) is 26.3. The molecule has 0 saturated carbocycles. The number of benzene rings is 1. The van der Waals surface area contributed by atoms with E-state index in [1.54, 1.807) is 0 Å². The molecular formula is C14H14F3NO2. The van der Waals surface area contributed by atoms with Crippen molar-refractivity contribution in [2.45, 2.75) is 31.2 Å². The lowest BCUT2D eigenvalue weighted by molar-refractivity contribution is -0.274. The van der Waals surface area contributed by atoms with Crippen molar-refractivity contribution in [3.05, 3.63) is 29.3 Å². The van der Waals surface area contributed by atoms with Crippen LogP contribution in [0.25, 0.3) is 0 Å². The van der Waals surface area contributed by atoms with E-state index < -0.39 is 6.36 Å². The van der Waals surface area contributed by atoms with Crippen LogP contribution in [0.1, 0.15) is 34.7 Å². The van der Waals surface area contributed by atoms with E-state index in [2.05, 4.69) is 4.74 Å². The van der Waals surface area contributed by atoms with E-state index in [0.29, 0.717) is 17.5 Å². The third kappa shape index (κ3) is 2.28. The fourth-order valence-corrected chi connectivity index (χ4v) is 3.15. The number of rotatable bonds is 1. The number of halogens is 3. The number of piperidine rings is 1. The zero-order valence-electron chi connectivity index (χ0n) is 10.9. The van der Waals surface area contributed by atoms with Crippen LogP contribution in [0, 0.1) is 0 Å². The number of ketones is 1. The molecule has 20 heavy (non-hydrogen) atoms. The smallest absolute Gasteiger partial charge is 0.406 e. The molecule has 1 fully saturated rings. The third-order valence-electron chi connectivity index (χ3n) is 4.13. The molecule has 2 bridgehead atoms. The van der Waals surface area contributed by atoms with Crippen LogP contribution < -0.4 is 4.74 Å². The molecular weight excluding hydrogens is 271 g/mol. The molecule has 2 atom stereocenters. The van der Waals surface area contributed by atoms with Gasteiger partial charge in [-0.05, 0) is 56.1 Å². The molecule has 1 aromatic rings. The van der Waals surface area contributed by atoms with Gasteiger partial charge in [0.15, 0.2) is 5.78 Å². The van der Waals surface area contributed by atoms with Crippen molar-refractivity contribution < 1.29 is 22.7 Å². The molecule has 0 spiro atoms. The Balaban J connectivity index is 1.98. The standard InChI is InChI=1S/C14H14F3NO2/c1-18-5-4-8-6-12(18)13(19)10-3-2-9(7-11(8)10)20-14(15,16)17/h2-3,7-8,12H,4-6H2,1H3. The second-order valence-electron chi connectivity index (χ2n) is 5.38. The summed E-state index contributed by atoms with van der Waals surface area (Å²) in [5.41, 5.74) is 1.23. The van der Waals surface area contributed by atoms with E-state index in [0.717, 1.165) is 13.0 Å². The summed E-state index contributed by atoms with van der Waals surface area (Å²) >= 11 is 0. The summed E-state index contributed by atoms with van der Waals surface area (Å²) in [6, 6.07) is 3.89. The number of ether oxygens (including phenoxy) is 1. The fraction of sp³-hybridized carbons (Fsp3) is 0.500. The van der Waals surface area contributed by atoms with Gasteiger partial charge in [-0.3, -0.25) is 9.69 Å². The molecule has 2 aliphatic rings. The van der Waals surface area contributed by atoms with Gasteiger partial charge in [0.1, 0.15) is 5.75 Å². The van der Waals surface area contributed by atoms with Crippen molar-refractivity contribution in [2.24, 2.45) is 0 Å². The zero-order chi connectivity index (χ0) is 14.5. The highest BCUT2D eigenvalue weighted by Gasteiger charge is 2.40. The summed E-state index contributed by atoms with van der Waals surface area (Å²) in [6.07, 6.45) is -3.18. The molecule has 1 aliphatic carbocycles. The predicted octanol–water partition coefficient (Wildman–Crippen LogP) is 2.96. The van der Waals surface area contributed by atoms with Gasteiger partial charge in [-0.2, -0.15) is 0 Å². The van der Waals surface area contributed by atoms with Gasteiger partial charge in [-0.15, -0.1) is 13.2 Å². The lowest BCUT2D eigenvalue weighted by Gasteiger charge is -2.41. The molecule has 1 aromatic carbocycles. The Hall–Kier alpha value is -1.56. The average Bonchev–Trinajstić information content (AvgIpc) is 2.36. The van der Waals surface area contributed by atoms with Crippen molar-refractivity contribution in [1.29, 1.82) is 0 Å². The van der Waals surface area contributed by atoms with Crippen molar-refractivity contribution in [3.63, 3.8) is 0 Å². The number of carbonyl (C=O) groups is 1. The van der Waals surface area contributed by atoms with E-state index in [4.69, 9.17) is 0 Å². The first-order valence-electron chi connectivity index (χ1n) is 6.49. The Morgan fingerprint density at radius 3 is 2.80 bits per heavy atom. The average molecular weight is 285 g/mol. The highest BCUT2D eigenvalue weighted by atomic mass is 19.4. The molecule has 0 N–H and O–H groups in total. The first-order valence-corrected chi connectivity index (χ1v) is 6.49. The molecule has 0 amide bonds. The minimum atomic E-state index is -4.71. The number of alkyl halides is 3. The molecule has 108 valence electrons. The second-order valence-corrected chi connectivity index (χ2v) is 5.38. The number of likely N-dealkylation sites (tertiary alicyclic amines) is 1. The Bertz CT molecular complexity index is 556. The largest absolute Gasteiger partial charge is 0.573 e. The van der Waals surface area contributed by atoms with E-state index in [1.807, 2.05) is 11.9 Å². The van der Waals surface area contributed by atoms with E-state index in [-0.39, 0.29) is 23.5 Å². The van der Waals surface area contributed by atoms with Gasteiger partial charge in [-0.25, -0.2) is 0 Å². The van der Waals surface area contributed by atoms with Gasteiger partial charge in [0.05, 0.1) is 6.04 Å². The van der Waals surface area contributed by atoms with Gasteiger partial charge in [0.2, 0.25) is 0 Å². The highest BCUT2D eigenvalue weighted by Crippen LogP contribution is 2.41. The SMILES string of the molecule is CN1CCC2CC1C(=O)c1ccc(OC(F)(F)F)cc12. The number of hydrogen-bond donors (Lipinski definition) is 0. The maximum absolute atomic E-state index is 12.3. The Labute approximate surface area is 114 Å². The highest BCUT2D eigenvalue weighted by molar-refractivity contribution is 6.03. The van der Waals surface area contributed by atoms with Crippen LogP contribution in [-0.4, -0.2) is 36.7 Å². The van der Waals surface area contributed by atoms with Gasteiger partial charge >= 0.3 is 6.36 Å². The summed E-state index contributed by atoms with van der Waals surface area (Å²) < 4.78 is 40.7. The lowest BCUT2D eigenvalue weighted by Crippen LogP contribution is -2.47. The molecule has 1 saturated heterocycles. The van der Waals surface area contributed by atoms with Crippen LogP contribution in [0.5, 0.6) is 5.75 Å². The van der Waals surface area contributed by atoms with E-state index >= 15 is 0 Å². The molecule has 2 unspecified atom stereocenters. The number of fused-ring (bicyclic) bond motifs is 4. The Kier molecular flexibility index (Phi) is 3.01. The summed E-state index contributed by atoms with van der Waals surface area (Å²) in [6.45, 7) is 0.783. The zero-order valence-corrected chi connectivity index (χ0v) is 10.9. The molecule has 6 heteroatoms. The number of likely N-dealkylation sites (N-methyl/N-ethyl adjacent to an activating group) is 1. The van der Waals surface area contributed by atoms with E-state index in [1.165, 1.54) is 18.2 Å². The Morgan fingerprint density at radius 1 is 1.35 bits per heavy atom. The number of hydrogen-bond acceptors (Lipinski definition) is 3. The van der Waals surface area contributed by atoms with E-state index in [9.17, 15) is 18.0 Å². The van der Waals surface area contributed by atoms with Crippen molar-refractivity contribution >= 4 is 5.78 Å². The molecule has 1 aliphatic heterocycles. The Morgan fingerprint density at radius 2 is 2.10 bits per heavy atom. The maximum atomic E-state index is 12.3. The predicted molar refractivity (Wildman–Crippen MR) is 65.8 cm³/mol. The van der Waals surface area contributed by atoms with Crippen molar-refractivity contribution in [1.82, 2.24) is 4.90 Å². The summed E-state index contributed by atoms with van der Waals surface area (Å²) in [5.74, 6) is -0.112. The van der Waals surface area contributed by atoms with Crippen LogP contribution in [0.3, 0.4) is 0 Å². The third-order valence-corrected chi connectivity index (χ3v) is 4.13. The lowest BCUT2D eigenvalue weighted by atomic mass is 9.75. The summed E-state index contributed by atoms with van der Waals surface area (Å²) in [5, 5.41) is 0. The second kappa shape index (κ2) is 4.48. The maximum Gasteiger partial charge on any atom is 0.573 e. The molecule has 1 heterocycles. The number of carbonyl (C=O) groups excluding carboxylic acids is 1. The molecule has 3 nitrogen and oxygen atoms in total. The fourth-order valence-electron chi connectivity index (χ4n) is 3.15. The van der Waals surface area contributed by atoms with Gasteiger partial charge in [0, 0.05) is 5.56 Å². The first kappa shape index (κ1) is 13.4. The van der Waals surface area contributed by atoms with Crippen molar-refractivity contribution in [2.75, 3.05) is 13.6 Å².